The van der Waals surface area contributed by atoms with Gasteiger partial charge in [-0.05, 0) is 30.2 Å². The van der Waals surface area contributed by atoms with Crippen LogP contribution in [0.25, 0.3) is 0 Å². The van der Waals surface area contributed by atoms with Crippen LogP contribution in [-0.4, -0.2) is 68.0 Å². The minimum absolute atomic E-state index is 0.00946. The molecule has 0 aliphatic rings. The smallest absolute Gasteiger partial charge is 0.326 e. The number of H-pyrrole nitrogens is 1. The Balaban J connectivity index is 1.69. The van der Waals surface area contributed by atoms with E-state index in [0.717, 1.165) is 0 Å². The highest BCUT2D eigenvalue weighted by molar-refractivity contribution is 5.94. The number of aromatic hydroxyl groups is 1. The molecular weight excluding hydrogens is 504 g/mol. The van der Waals surface area contributed by atoms with E-state index >= 15 is 0 Å². The van der Waals surface area contributed by atoms with Crippen molar-refractivity contribution in [2.24, 2.45) is 5.73 Å². The molecular formula is C27H32N6O6. The molecule has 39 heavy (non-hydrogen) atoms. The van der Waals surface area contributed by atoms with E-state index in [4.69, 9.17) is 5.73 Å². The van der Waals surface area contributed by atoms with Crippen LogP contribution in [0.3, 0.4) is 0 Å². The average Bonchev–Trinajstić information content (AvgIpc) is 3.42. The van der Waals surface area contributed by atoms with E-state index in [0.29, 0.717) is 16.8 Å². The molecule has 3 aromatic rings. The number of nitrogens with zero attached hydrogens (tertiary/aromatic N) is 1. The highest BCUT2D eigenvalue weighted by Crippen LogP contribution is 2.12. The molecule has 12 heteroatoms. The van der Waals surface area contributed by atoms with Gasteiger partial charge in [0.05, 0.1) is 12.4 Å². The van der Waals surface area contributed by atoms with E-state index in [1.807, 2.05) is 0 Å². The summed E-state index contributed by atoms with van der Waals surface area (Å²) in [5.41, 5.74) is 7.92. The van der Waals surface area contributed by atoms with E-state index in [-0.39, 0.29) is 25.0 Å². The normalized spacial score (nSPS) is 13.9. The quantitative estimate of drug-likeness (QED) is 0.159. The van der Waals surface area contributed by atoms with Crippen LogP contribution in [0.4, 0.5) is 0 Å². The van der Waals surface area contributed by atoms with Gasteiger partial charge < -0.3 is 36.9 Å². The van der Waals surface area contributed by atoms with Gasteiger partial charge >= 0.3 is 5.97 Å². The second-order valence-electron chi connectivity index (χ2n) is 9.14. The zero-order valence-corrected chi connectivity index (χ0v) is 21.3. The number of carboxylic acids is 1. The molecule has 0 bridgehead atoms. The molecule has 4 unspecified atom stereocenters. The molecule has 3 amide bonds. The maximum Gasteiger partial charge on any atom is 0.326 e. The van der Waals surface area contributed by atoms with Crippen LogP contribution < -0.4 is 21.7 Å². The summed E-state index contributed by atoms with van der Waals surface area (Å²) >= 11 is 0. The number of hydrogen-bond donors (Lipinski definition) is 7. The van der Waals surface area contributed by atoms with Crippen molar-refractivity contribution >= 4 is 23.7 Å². The summed E-state index contributed by atoms with van der Waals surface area (Å²) in [7, 11) is 0. The van der Waals surface area contributed by atoms with Gasteiger partial charge in [0.2, 0.25) is 17.7 Å². The third kappa shape index (κ3) is 8.97. The van der Waals surface area contributed by atoms with Gasteiger partial charge in [-0.2, -0.15) is 0 Å². The van der Waals surface area contributed by atoms with Gasteiger partial charge in [-0.1, -0.05) is 42.5 Å². The topological polar surface area (TPSA) is 200 Å². The predicted octanol–water partition coefficient (Wildman–Crippen LogP) is 0.0294. The number of carbonyl (C=O) groups excluding carboxylic acids is 3. The molecule has 1 aromatic heterocycles. The molecule has 0 radical (unpaired) electrons. The van der Waals surface area contributed by atoms with Crippen molar-refractivity contribution in [1.82, 2.24) is 25.9 Å². The van der Waals surface area contributed by atoms with Crippen molar-refractivity contribution in [3.63, 3.8) is 0 Å². The Morgan fingerprint density at radius 1 is 0.846 bits per heavy atom. The molecule has 0 saturated heterocycles. The van der Waals surface area contributed by atoms with Gasteiger partial charge in [0.1, 0.15) is 23.9 Å². The van der Waals surface area contributed by atoms with Gasteiger partial charge in [-0.3, -0.25) is 14.4 Å². The lowest BCUT2D eigenvalue weighted by Crippen LogP contribution is -2.57. The van der Waals surface area contributed by atoms with Crippen LogP contribution in [0.1, 0.15) is 23.7 Å². The minimum atomic E-state index is -1.24. The molecule has 0 spiro atoms. The average molecular weight is 537 g/mol. The van der Waals surface area contributed by atoms with Crippen molar-refractivity contribution < 1.29 is 29.4 Å². The Hall–Kier alpha value is -4.71. The fourth-order valence-corrected chi connectivity index (χ4v) is 3.81. The Morgan fingerprint density at radius 3 is 2.08 bits per heavy atom. The summed E-state index contributed by atoms with van der Waals surface area (Å²) in [5.74, 6) is -3.14. The van der Waals surface area contributed by atoms with E-state index in [2.05, 4.69) is 25.9 Å². The van der Waals surface area contributed by atoms with Crippen molar-refractivity contribution in [2.75, 3.05) is 0 Å². The third-order valence-corrected chi connectivity index (χ3v) is 5.99. The monoisotopic (exact) mass is 536 g/mol. The summed E-state index contributed by atoms with van der Waals surface area (Å²) in [5, 5.41) is 26.9. The molecule has 0 fully saturated rings. The molecule has 12 nitrogen and oxygen atoms in total. The zero-order valence-electron chi connectivity index (χ0n) is 21.3. The Bertz CT molecular complexity index is 1250. The number of aromatic nitrogens is 2. The molecule has 0 aliphatic carbocycles. The number of rotatable bonds is 13. The number of benzene rings is 2. The number of phenolic OH excluding ortho intramolecular Hbond substituents is 1. The van der Waals surface area contributed by atoms with Crippen LogP contribution in [0.2, 0.25) is 0 Å². The van der Waals surface area contributed by atoms with Gasteiger partial charge in [0.25, 0.3) is 0 Å². The first-order chi connectivity index (χ1) is 18.6. The summed E-state index contributed by atoms with van der Waals surface area (Å²) < 4.78 is 0. The Labute approximate surface area is 225 Å². The molecule has 1 heterocycles. The number of hydrogen-bond acceptors (Lipinski definition) is 7. The van der Waals surface area contributed by atoms with Crippen molar-refractivity contribution in [3.05, 3.63) is 83.9 Å². The molecule has 0 aliphatic heterocycles. The highest BCUT2D eigenvalue weighted by atomic mass is 16.4. The molecule has 206 valence electrons. The van der Waals surface area contributed by atoms with Gasteiger partial charge in [0.15, 0.2) is 0 Å². The zero-order chi connectivity index (χ0) is 28.4. The number of imidazole rings is 1. The van der Waals surface area contributed by atoms with E-state index < -0.39 is 47.9 Å². The lowest BCUT2D eigenvalue weighted by Gasteiger charge is -2.24. The van der Waals surface area contributed by atoms with Crippen LogP contribution in [0.5, 0.6) is 5.75 Å². The lowest BCUT2D eigenvalue weighted by molar-refractivity contribution is -0.142. The number of aromatic amines is 1. The van der Waals surface area contributed by atoms with E-state index in [9.17, 15) is 29.4 Å². The number of nitrogens with one attached hydrogen (secondary N) is 4. The van der Waals surface area contributed by atoms with Crippen LogP contribution >= 0.6 is 0 Å². The molecule has 8 N–H and O–H groups in total. The lowest BCUT2D eigenvalue weighted by atomic mass is 10.0. The SMILES string of the molecule is CC(NC(=O)C(N)Cc1cnc[nH]1)C(=O)NC(Cc1ccc(O)cc1)C(=O)NC(Cc1ccccc1)C(=O)O. The number of nitrogens with two attached hydrogens (primary N) is 1. The van der Waals surface area contributed by atoms with Crippen LogP contribution in [-0.2, 0) is 38.4 Å². The number of aliphatic carboxylic acids is 1. The van der Waals surface area contributed by atoms with Crippen molar-refractivity contribution in [1.29, 1.82) is 0 Å². The third-order valence-electron chi connectivity index (χ3n) is 5.99. The fourth-order valence-electron chi connectivity index (χ4n) is 3.81. The molecule has 3 rings (SSSR count). The largest absolute Gasteiger partial charge is 0.508 e. The van der Waals surface area contributed by atoms with Gasteiger partial charge in [0, 0.05) is 31.2 Å². The first-order valence-electron chi connectivity index (χ1n) is 12.3. The second kappa shape index (κ2) is 13.7. The van der Waals surface area contributed by atoms with E-state index in [1.54, 1.807) is 42.5 Å². The van der Waals surface area contributed by atoms with Crippen LogP contribution in [0, 0.1) is 0 Å². The maximum absolute atomic E-state index is 13.2. The summed E-state index contributed by atoms with van der Waals surface area (Å²) in [4.78, 5) is 57.3. The maximum atomic E-state index is 13.2. The predicted molar refractivity (Wildman–Crippen MR) is 141 cm³/mol. The van der Waals surface area contributed by atoms with Gasteiger partial charge in [-0.25, -0.2) is 9.78 Å². The summed E-state index contributed by atoms with van der Waals surface area (Å²) in [6.07, 6.45) is 3.24. The number of phenols is 1. The fraction of sp³-hybridized carbons (Fsp3) is 0.296. The summed E-state index contributed by atoms with van der Waals surface area (Å²) in [6, 6.07) is 10.5. The second-order valence-corrected chi connectivity index (χ2v) is 9.14. The molecule has 2 aromatic carbocycles. The first-order valence-corrected chi connectivity index (χ1v) is 12.3. The Morgan fingerprint density at radius 2 is 1.46 bits per heavy atom. The standard InChI is InChI=1S/C27H32N6O6/c1-16(31-25(36)21(28)13-19-14-29-15-30-19)24(35)32-22(11-18-7-9-20(34)10-8-18)26(37)33-23(27(38)39)12-17-5-3-2-4-6-17/h2-10,14-16,21-23,34H,11-13,28H2,1H3,(H,29,30)(H,31,36)(H,32,35)(H,33,37)(H,38,39). The number of carboxylic acid groups (broad SMARTS) is 1. The van der Waals surface area contributed by atoms with Crippen molar-refractivity contribution in [3.8, 4) is 5.75 Å². The molecule has 4 atom stereocenters. The molecule has 0 saturated carbocycles. The summed E-state index contributed by atoms with van der Waals surface area (Å²) in [6.45, 7) is 1.45. The Kier molecular flexibility index (Phi) is 10.2. The minimum Gasteiger partial charge on any atom is -0.508 e. The highest BCUT2D eigenvalue weighted by Gasteiger charge is 2.29. The van der Waals surface area contributed by atoms with E-state index in [1.165, 1.54) is 31.6 Å². The first kappa shape index (κ1) is 28.9. The number of amides is 3. The van der Waals surface area contributed by atoms with Gasteiger partial charge in [-0.15, -0.1) is 0 Å². The van der Waals surface area contributed by atoms with Crippen LogP contribution in [0.15, 0.2) is 67.1 Å². The number of carbonyl (C=O) groups is 4. The van der Waals surface area contributed by atoms with Crippen molar-refractivity contribution in [2.45, 2.75) is 50.4 Å².